The van der Waals surface area contributed by atoms with Crippen molar-refractivity contribution in [2.45, 2.75) is 39.8 Å². The Balaban J connectivity index is 2.24. The molecule has 0 saturated heterocycles. The van der Waals surface area contributed by atoms with Crippen LogP contribution in [0.3, 0.4) is 0 Å². The summed E-state index contributed by atoms with van der Waals surface area (Å²) in [5, 5.41) is 0. The highest BCUT2D eigenvalue weighted by Crippen LogP contribution is 2.19. The second-order valence-corrected chi connectivity index (χ2v) is 5.07. The van der Waals surface area contributed by atoms with Crippen molar-refractivity contribution in [3.8, 4) is 0 Å². The lowest BCUT2D eigenvalue weighted by atomic mass is 10.3. The number of nitrogens with zero attached hydrogens (tertiary/aromatic N) is 5. The predicted molar refractivity (Wildman–Crippen MR) is 88.9 cm³/mol. The van der Waals surface area contributed by atoms with Gasteiger partial charge in [-0.05, 0) is 38.5 Å². The Labute approximate surface area is 140 Å². The van der Waals surface area contributed by atoms with E-state index in [4.69, 9.17) is 0 Å². The van der Waals surface area contributed by atoms with Gasteiger partial charge in [-0.2, -0.15) is 0 Å². The highest BCUT2D eigenvalue weighted by atomic mass is 19.3. The van der Waals surface area contributed by atoms with Crippen LogP contribution in [0, 0.1) is 0 Å². The van der Waals surface area contributed by atoms with Crippen LogP contribution in [0.1, 0.15) is 38.3 Å². The monoisotopic (exact) mass is 333 g/mol. The second kappa shape index (κ2) is 8.93. The first-order chi connectivity index (χ1) is 11.7. The Bertz CT molecular complexity index is 705. The molecule has 5 nitrogen and oxygen atoms in total. The van der Waals surface area contributed by atoms with E-state index in [1.165, 1.54) is 6.20 Å². The summed E-state index contributed by atoms with van der Waals surface area (Å²) in [5.41, 5.74) is 3.02. The van der Waals surface area contributed by atoms with E-state index in [-0.39, 0.29) is 0 Å². The van der Waals surface area contributed by atoms with Crippen molar-refractivity contribution in [1.82, 2.24) is 19.5 Å². The van der Waals surface area contributed by atoms with Gasteiger partial charge in [0.15, 0.2) is 5.82 Å². The van der Waals surface area contributed by atoms with E-state index >= 15 is 0 Å². The van der Waals surface area contributed by atoms with Gasteiger partial charge >= 0.3 is 0 Å². The zero-order chi connectivity index (χ0) is 17.4. The van der Waals surface area contributed by atoms with E-state index in [0.29, 0.717) is 18.9 Å². The summed E-state index contributed by atoms with van der Waals surface area (Å²) in [5.74, 6) is 0.880. The zero-order valence-electron chi connectivity index (χ0n) is 13.9. The first kappa shape index (κ1) is 17.8. The molecule has 0 radical (unpaired) electrons. The van der Waals surface area contributed by atoms with Crippen LogP contribution < -0.4 is 4.90 Å². The van der Waals surface area contributed by atoms with Gasteiger partial charge in [0.25, 0.3) is 6.43 Å². The molecular formula is C17H21F2N5. The number of imidazole rings is 1. The number of aryl methyl sites for hydroxylation is 1. The molecule has 0 bridgehead atoms. The minimum atomic E-state index is -2.69. The summed E-state index contributed by atoms with van der Waals surface area (Å²) in [6.07, 6.45) is 6.78. The number of hydrogen-bond acceptors (Lipinski definition) is 4. The van der Waals surface area contributed by atoms with Crippen molar-refractivity contribution in [3.05, 3.63) is 54.2 Å². The van der Waals surface area contributed by atoms with Gasteiger partial charge in [-0.3, -0.25) is 0 Å². The maximum atomic E-state index is 12.9. The van der Waals surface area contributed by atoms with Crippen molar-refractivity contribution in [2.24, 2.45) is 0 Å². The van der Waals surface area contributed by atoms with Gasteiger partial charge in [0, 0.05) is 31.7 Å². The van der Waals surface area contributed by atoms with Crippen LogP contribution in [0.25, 0.3) is 0 Å². The maximum absolute atomic E-state index is 12.9. The Morgan fingerprint density at radius 1 is 1.33 bits per heavy atom. The third-order valence-corrected chi connectivity index (χ3v) is 3.48. The number of rotatable bonds is 8. The second-order valence-electron chi connectivity index (χ2n) is 5.07. The normalized spacial score (nSPS) is 10.5. The fourth-order valence-corrected chi connectivity index (χ4v) is 2.29. The summed E-state index contributed by atoms with van der Waals surface area (Å²) in [7, 11) is 0. The lowest BCUT2D eigenvalue weighted by Crippen LogP contribution is -2.27. The van der Waals surface area contributed by atoms with Crippen LogP contribution in [0.15, 0.2) is 42.5 Å². The number of anilines is 1. The number of aromatic nitrogens is 4. The summed E-state index contributed by atoms with van der Waals surface area (Å²) in [4.78, 5) is 13.9. The van der Waals surface area contributed by atoms with Crippen molar-refractivity contribution in [1.29, 1.82) is 0 Å². The molecule has 0 unspecified atom stereocenters. The van der Waals surface area contributed by atoms with Crippen LogP contribution >= 0.6 is 0 Å². The molecule has 0 N–H and O–H groups in total. The van der Waals surface area contributed by atoms with Crippen molar-refractivity contribution in [3.63, 3.8) is 0 Å². The molecule has 2 aromatic heterocycles. The molecule has 0 aliphatic rings. The van der Waals surface area contributed by atoms with Gasteiger partial charge in [0.05, 0.1) is 6.54 Å². The molecule has 2 heterocycles. The van der Waals surface area contributed by atoms with E-state index in [9.17, 15) is 8.78 Å². The summed E-state index contributed by atoms with van der Waals surface area (Å²) in [6.45, 7) is 5.84. The smallest absolute Gasteiger partial charge is 0.297 e. The number of hydrogen-bond donors (Lipinski definition) is 0. The lowest BCUT2D eigenvalue weighted by Gasteiger charge is -2.23. The first-order valence-electron chi connectivity index (χ1n) is 7.87. The van der Waals surface area contributed by atoms with Crippen molar-refractivity contribution >= 4 is 5.82 Å². The molecule has 0 spiro atoms. The predicted octanol–water partition coefficient (Wildman–Crippen LogP) is 3.76. The molecule has 0 amide bonds. The molecule has 128 valence electrons. The minimum absolute atomic E-state index is 0.458. The summed E-state index contributed by atoms with van der Waals surface area (Å²) < 4.78 is 27.8. The molecule has 0 aromatic carbocycles. The van der Waals surface area contributed by atoms with Crippen LogP contribution in [0.5, 0.6) is 0 Å². The van der Waals surface area contributed by atoms with Crippen LogP contribution in [-0.4, -0.2) is 26.1 Å². The molecule has 2 rings (SSSR count). The number of alkyl halides is 2. The molecule has 0 saturated carbocycles. The number of halogens is 2. The van der Waals surface area contributed by atoms with Crippen molar-refractivity contribution < 1.29 is 8.78 Å². The topological polar surface area (TPSA) is 46.8 Å². The molecular weight excluding hydrogens is 312 g/mol. The molecule has 0 fully saturated rings. The lowest BCUT2D eigenvalue weighted by molar-refractivity contribution is 0.140. The molecule has 0 aliphatic heterocycles. The highest BCUT2D eigenvalue weighted by molar-refractivity contribution is 5.38. The van der Waals surface area contributed by atoms with E-state index in [1.807, 2.05) is 41.7 Å². The molecule has 24 heavy (non-hydrogen) atoms. The molecule has 7 heteroatoms. The highest BCUT2D eigenvalue weighted by Gasteiger charge is 2.16. The quantitative estimate of drug-likeness (QED) is 0.690. The summed E-state index contributed by atoms with van der Waals surface area (Å²) in [6, 6.07) is 1.64. The van der Waals surface area contributed by atoms with Gasteiger partial charge in [-0.15, -0.1) is 5.73 Å². The van der Waals surface area contributed by atoms with Gasteiger partial charge < -0.3 is 9.47 Å². The third kappa shape index (κ3) is 4.73. The summed E-state index contributed by atoms with van der Waals surface area (Å²) >= 11 is 0. The average Bonchev–Trinajstić information content (AvgIpc) is 3.05. The van der Waals surface area contributed by atoms with Gasteiger partial charge in [-0.1, -0.05) is 0 Å². The Kier molecular flexibility index (Phi) is 6.63. The van der Waals surface area contributed by atoms with Gasteiger partial charge in [0.2, 0.25) is 0 Å². The van der Waals surface area contributed by atoms with E-state index < -0.39 is 12.2 Å². The fourth-order valence-electron chi connectivity index (χ4n) is 2.29. The zero-order valence-corrected chi connectivity index (χ0v) is 13.9. The fraction of sp³-hybridized carbons (Fsp3) is 0.412. The Hall–Kier alpha value is -2.53. The standard InChI is InChI=1S/C17H21F2N5/c1-3-5-6-7-11-24(13-15-20-10-12-23(15)4-2)14-8-9-21-17(22-14)16(18)19/h3,6,8-10,12,16H,4,7,11,13H2,1-2H3. The van der Waals surface area contributed by atoms with E-state index in [0.717, 1.165) is 18.8 Å². The van der Waals surface area contributed by atoms with Crippen molar-refractivity contribution in [2.75, 3.05) is 11.4 Å². The largest absolute Gasteiger partial charge is 0.349 e. The Morgan fingerprint density at radius 2 is 2.17 bits per heavy atom. The maximum Gasteiger partial charge on any atom is 0.297 e. The van der Waals surface area contributed by atoms with Crippen LogP contribution in [0.2, 0.25) is 0 Å². The molecule has 0 aliphatic carbocycles. The van der Waals surface area contributed by atoms with E-state index in [1.54, 1.807) is 12.3 Å². The van der Waals surface area contributed by atoms with Gasteiger partial charge in [-0.25, -0.2) is 23.7 Å². The van der Waals surface area contributed by atoms with E-state index in [2.05, 4.69) is 20.7 Å². The SMILES string of the molecule is CC=C=CCCN(Cc1nccn1CC)c1ccnc(C(F)F)n1. The molecule has 2 aromatic rings. The van der Waals surface area contributed by atoms with Crippen LogP contribution in [0.4, 0.5) is 14.6 Å². The Morgan fingerprint density at radius 3 is 2.88 bits per heavy atom. The average molecular weight is 333 g/mol. The minimum Gasteiger partial charge on any atom is -0.349 e. The van der Waals surface area contributed by atoms with Gasteiger partial charge in [0.1, 0.15) is 11.6 Å². The van der Waals surface area contributed by atoms with Crippen LogP contribution in [-0.2, 0) is 13.1 Å². The molecule has 0 atom stereocenters. The first-order valence-corrected chi connectivity index (χ1v) is 7.87. The third-order valence-electron chi connectivity index (χ3n) is 3.48.